The first-order chi connectivity index (χ1) is 9.89. The van der Waals surface area contributed by atoms with E-state index in [0.717, 1.165) is 18.4 Å². The molecule has 132 valence electrons. The van der Waals surface area contributed by atoms with E-state index in [2.05, 4.69) is 48.2 Å². The van der Waals surface area contributed by atoms with Crippen molar-refractivity contribution >= 4 is 29.9 Å². The zero-order valence-electron chi connectivity index (χ0n) is 15.1. The molecule has 2 unspecified atom stereocenters. The van der Waals surface area contributed by atoms with E-state index in [4.69, 9.17) is 4.74 Å². The Hall–Kier alpha value is -0.0800. The Kier molecular flexibility index (Phi) is 10.6. The fraction of sp³-hybridized carbons (Fsp3) is 0.938. The number of nitrogens with zero attached hydrogens (tertiary/aromatic N) is 2. The Labute approximate surface area is 153 Å². The molecule has 0 aromatic carbocycles. The zero-order valence-corrected chi connectivity index (χ0v) is 17.4. The summed E-state index contributed by atoms with van der Waals surface area (Å²) in [6, 6.07) is 0.249. The highest BCUT2D eigenvalue weighted by Gasteiger charge is 2.30. The summed E-state index contributed by atoms with van der Waals surface area (Å²) in [6.45, 7) is 13.0. The summed E-state index contributed by atoms with van der Waals surface area (Å²) in [5.41, 5.74) is 0.136. The number of rotatable bonds is 6. The number of halogens is 1. The molecular formula is C16H35IN4O. The monoisotopic (exact) mass is 426 g/mol. The van der Waals surface area contributed by atoms with Crippen LogP contribution >= 0.6 is 24.0 Å². The van der Waals surface area contributed by atoms with Gasteiger partial charge in [0.1, 0.15) is 0 Å². The van der Waals surface area contributed by atoms with Crippen molar-refractivity contribution in [3.63, 3.8) is 0 Å². The van der Waals surface area contributed by atoms with Gasteiger partial charge in [0.15, 0.2) is 5.96 Å². The largest absolute Gasteiger partial charge is 0.383 e. The number of nitrogens with one attached hydrogen (secondary N) is 2. The molecule has 1 heterocycles. The van der Waals surface area contributed by atoms with E-state index in [1.165, 1.54) is 25.9 Å². The van der Waals surface area contributed by atoms with E-state index in [1.807, 2.05) is 7.05 Å². The van der Waals surface area contributed by atoms with Crippen LogP contribution in [0.25, 0.3) is 0 Å². The SMILES string of the molecule is CN=C(NCC(C)(C)N1CCCC(C)C1)NC(C)COC.I. The summed E-state index contributed by atoms with van der Waals surface area (Å²) in [5, 5.41) is 6.80. The van der Waals surface area contributed by atoms with Gasteiger partial charge in [0.05, 0.1) is 6.61 Å². The lowest BCUT2D eigenvalue weighted by atomic mass is 9.93. The standard InChI is InChI=1S/C16H34N4O.HI/c1-13-8-7-9-20(10-13)16(3,4)12-18-15(17-5)19-14(2)11-21-6;/h13-14H,7-12H2,1-6H3,(H2,17,18,19);1H. The van der Waals surface area contributed by atoms with Gasteiger partial charge in [0.25, 0.3) is 0 Å². The van der Waals surface area contributed by atoms with Crippen molar-refractivity contribution in [3.05, 3.63) is 0 Å². The average molecular weight is 426 g/mol. The van der Waals surface area contributed by atoms with Crippen molar-refractivity contribution in [1.29, 1.82) is 0 Å². The van der Waals surface area contributed by atoms with Gasteiger partial charge in [-0.3, -0.25) is 9.89 Å². The maximum atomic E-state index is 5.15. The summed E-state index contributed by atoms with van der Waals surface area (Å²) >= 11 is 0. The third kappa shape index (κ3) is 7.46. The number of likely N-dealkylation sites (tertiary alicyclic amines) is 1. The lowest BCUT2D eigenvalue weighted by molar-refractivity contribution is 0.0738. The molecule has 1 fully saturated rings. The van der Waals surface area contributed by atoms with E-state index >= 15 is 0 Å². The summed E-state index contributed by atoms with van der Waals surface area (Å²) in [4.78, 5) is 6.89. The highest BCUT2D eigenvalue weighted by molar-refractivity contribution is 14.0. The molecule has 1 rings (SSSR count). The maximum absolute atomic E-state index is 5.15. The lowest BCUT2D eigenvalue weighted by Crippen LogP contribution is -2.56. The van der Waals surface area contributed by atoms with Crippen LogP contribution in [0.3, 0.4) is 0 Å². The second-order valence-electron chi connectivity index (χ2n) is 6.93. The van der Waals surface area contributed by atoms with Crippen LogP contribution in [-0.4, -0.2) is 62.8 Å². The van der Waals surface area contributed by atoms with E-state index in [-0.39, 0.29) is 35.6 Å². The number of guanidine groups is 1. The molecule has 0 aliphatic carbocycles. The fourth-order valence-corrected chi connectivity index (χ4v) is 2.87. The van der Waals surface area contributed by atoms with Crippen molar-refractivity contribution in [3.8, 4) is 0 Å². The third-order valence-corrected chi connectivity index (χ3v) is 4.22. The number of methoxy groups -OCH3 is 1. The first-order valence-corrected chi connectivity index (χ1v) is 8.10. The topological polar surface area (TPSA) is 48.9 Å². The van der Waals surface area contributed by atoms with Gasteiger partial charge in [0, 0.05) is 38.8 Å². The Morgan fingerprint density at radius 1 is 1.45 bits per heavy atom. The molecule has 2 N–H and O–H groups in total. The quantitative estimate of drug-likeness (QED) is 0.389. The summed E-state index contributed by atoms with van der Waals surface area (Å²) in [5.74, 6) is 1.65. The molecule has 6 heteroatoms. The molecule has 2 atom stereocenters. The molecule has 0 saturated carbocycles. The van der Waals surface area contributed by atoms with Crippen molar-refractivity contribution < 1.29 is 4.74 Å². The van der Waals surface area contributed by atoms with Crippen LogP contribution in [0.5, 0.6) is 0 Å². The Balaban J connectivity index is 0.00000441. The second kappa shape index (κ2) is 10.6. The number of hydrogen-bond donors (Lipinski definition) is 2. The zero-order chi connectivity index (χ0) is 15.9. The molecular weight excluding hydrogens is 391 g/mol. The van der Waals surface area contributed by atoms with Crippen LogP contribution in [0.1, 0.15) is 40.5 Å². The van der Waals surface area contributed by atoms with Gasteiger partial charge < -0.3 is 15.4 Å². The number of piperidine rings is 1. The normalized spacial score (nSPS) is 21.9. The highest BCUT2D eigenvalue weighted by atomic mass is 127. The highest BCUT2D eigenvalue weighted by Crippen LogP contribution is 2.23. The minimum absolute atomic E-state index is 0. The van der Waals surface area contributed by atoms with E-state index in [1.54, 1.807) is 7.11 Å². The van der Waals surface area contributed by atoms with Crippen molar-refractivity contribution in [2.45, 2.75) is 52.1 Å². The minimum Gasteiger partial charge on any atom is -0.383 e. The van der Waals surface area contributed by atoms with Crippen molar-refractivity contribution in [2.75, 3.05) is 40.4 Å². The predicted octanol–water partition coefficient (Wildman–Crippen LogP) is 2.31. The average Bonchev–Trinajstić information content (AvgIpc) is 2.43. The molecule has 1 aliphatic rings. The first kappa shape index (κ1) is 21.9. The second-order valence-corrected chi connectivity index (χ2v) is 6.93. The van der Waals surface area contributed by atoms with Crippen LogP contribution in [0.4, 0.5) is 0 Å². The molecule has 0 amide bonds. The molecule has 5 nitrogen and oxygen atoms in total. The lowest BCUT2D eigenvalue weighted by Gasteiger charge is -2.43. The van der Waals surface area contributed by atoms with Crippen LogP contribution in [0.15, 0.2) is 4.99 Å². The minimum atomic E-state index is 0. The van der Waals surface area contributed by atoms with Crippen LogP contribution in [0, 0.1) is 5.92 Å². The number of aliphatic imine (C=N–C) groups is 1. The number of hydrogen-bond acceptors (Lipinski definition) is 3. The molecule has 22 heavy (non-hydrogen) atoms. The third-order valence-electron chi connectivity index (χ3n) is 4.22. The molecule has 0 aromatic rings. The molecule has 0 bridgehead atoms. The van der Waals surface area contributed by atoms with Crippen molar-refractivity contribution in [1.82, 2.24) is 15.5 Å². The van der Waals surface area contributed by atoms with Gasteiger partial charge in [-0.15, -0.1) is 24.0 Å². The van der Waals surface area contributed by atoms with Gasteiger partial charge >= 0.3 is 0 Å². The summed E-state index contributed by atoms with van der Waals surface area (Å²) in [7, 11) is 3.53. The summed E-state index contributed by atoms with van der Waals surface area (Å²) in [6.07, 6.45) is 2.67. The Morgan fingerprint density at radius 2 is 2.14 bits per heavy atom. The van der Waals surface area contributed by atoms with E-state index in [9.17, 15) is 0 Å². The fourth-order valence-electron chi connectivity index (χ4n) is 2.87. The number of ether oxygens (including phenoxy) is 1. The predicted molar refractivity (Wildman–Crippen MR) is 105 cm³/mol. The van der Waals surface area contributed by atoms with Gasteiger partial charge in [-0.25, -0.2) is 0 Å². The first-order valence-electron chi connectivity index (χ1n) is 8.10. The van der Waals surface area contributed by atoms with Crippen LogP contribution < -0.4 is 10.6 Å². The Morgan fingerprint density at radius 3 is 2.68 bits per heavy atom. The molecule has 1 aliphatic heterocycles. The Bertz CT molecular complexity index is 336. The van der Waals surface area contributed by atoms with Crippen LogP contribution in [0.2, 0.25) is 0 Å². The van der Waals surface area contributed by atoms with Crippen molar-refractivity contribution in [2.24, 2.45) is 10.9 Å². The maximum Gasteiger partial charge on any atom is 0.191 e. The van der Waals surface area contributed by atoms with E-state index < -0.39 is 0 Å². The smallest absolute Gasteiger partial charge is 0.191 e. The van der Waals surface area contributed by atoms with Gasteiger partial charge in [-0.05, 0) is 46.1 Å². The summed E-state index contributed by atoms with van der Waals surface area (Å²) < 4.78 is 5.15. The molecule has 0 spiro atoms. The molecule has 1 saturated heterocycles. The molecule has 0 radical (unpaired) electrons. The van der Waals surface area contributed by atoms with Gasteiger partial charge in [0.2, 0.25) is 0 Å². The van der Waals surface area contributed by atoms with E-state index in [0.29, 0.717) is 6.61 Å². The van der Waals surface area contributed by atoms with Crippen LogP contribution in [-0.2, 0) is 4.74 Å². The molecule has 0 aromatic heterocycles. The van der Waals surface area contributed by atoms with Gasteiger partial charge in [-0.2, -0.15) is 0 Å². The van der Waals surface area contributed by atoms with Gasteiger partial charge in [-0.1, -0.05) is 6.92 Å².